The van der Waals surface area contributed by atoms with Crippen molar-refractivity contribution in [2.24, 2.45) is 0 Å². The van der Waals surface area contributed by atoms with E-state index in [1.807, 2.05) is 0 Å². The molecular formula is C12H9BrN2O3. The average Bonchev–Trinajstić information content (AvgIpc) is 2.32. The molecule has 0 aliphatic carbocycles. The van der Waals surface area contributed by atoms with E-state index in [0.717, 1.165) is 4.47 Å². The number of hydrogen-bond donors (Lipinski definition) is 0. The van der Waals surface area contributed by atoms with Crippen LogP contribution < -0.4 is 4.74 Å². The second-order valence-corrected chi connectivity index (χ2v) is 4.51. The normalized spacial score (nSPS) is 10.1. The molecule has 0 atom stereocenters. The van der Waals surface area contributed by atoms with Gasteiger partial charge in [-0.15, -0.1) is 0 Å². The Morgan fingerprint density at radius 2 is 2.11 bits per heavy atom. The van der Waals surface area contributed by atoms with Crippen LogP contribution in [-0.2, 0) is 0 Å². The van der Waals surface area contributed by atoms with Crippen LogP contribution in [0.15, 0.2) is 41.0 Å². The standard InChI is InChI=1S/C12H9BrN2O3/c1-8-3-2-4-10(12(8)15(16)17)18-11-6-5-9(13)7-14-11/h2-7H,1H3. The van der Waals surface area contributed by atoms with E-state index in [1.54, 1.807) is 43.5 Å². The van der Waals surface area contributed by atoms with Crippen LogP contribution >= 0.6 is 15.9 Å². The van der Waals surface area contributed by atoms with Crippen molar-refractivity contribution in [2.45, 2.75) is 6.92 Å². The minimum Gasteiger partial charge on any atom is -0.432 e. The highest BCUT2D eigenvalue weighted by Gasteiger charge is 2.18. The molecule has 6 heteroatoms. The summed E-state index contributed by atoms with van der Waals surface area (Å²) in [5.41, 5.74) is 0.511. The zero-order valence-electron chi connectivity index (χ0n) is 9.46. The maximum atomic E-state index is 11.0. The van der Waals surface area contributed by atoms with Crippen LogP contribution in [0.5, 0.6) is 11.6 Å². The lowest BCUT2D eigenvalue weighted by atomic mass is 10.2. The highest BCUT2D eigenvalue weighted by atomic mass is 79.9. The molecule has 0 amide bonds. The Morgan fingerprint density at radius 1 is 1.33 bits per heavy atom. The summed E-state index contributed by atoms with van der Waals surface area (Å²) in [7, 11) is 0. The molecule has 1 aromatic heterocycles. The quantitative estimate of drug-likeness (QED) is 0.638. The average molecular weight is 309 g/mol. The maximum Gasteiger partial charge on any atom is 0.314 e. The second-order valence-electron chi connectivity index (χ2n) is 3.60. The van der Waals surface area contributed by atoms with E-state index in [0.29, 0.717) is 11.4 Å². The molecule has 0 aliphatic rings. The minimum atomic E-state index is -0.455. The van der Waals surface area contributed by atoms with E-state index in [9.17, 15) is 10.1 Å². The van der Waals surface area contributed by atoms with Crippen LogP contribution in [-0.4, -0.2) is 9.91 Å². The lowest BCUT2D eigenvalue weighted by molar-refractivity contribution is -0.386. The smallest absolute Gasteiger partial charge is 0.314 e. The van der Waals surface area contributed by atoms with Gasteiger partial charge in [0.2, 0.25) is 11.6 Å². The highest BCUT2D eigenvalue weighted by molar-refractivity contribution is 9.10. The van der Waals surface area contributed by atoms with Crippen LogP contribution in [0.25, 0.3) is 0 Å². The van der Waals surface area contributed by atoms with Crippen molar-refractivity contribution >= 4 is 21.6 Å². The van der Waals surface area contributed by atoms with Crippen molar-refractivity contribution in [3.8, 4) is 11.6 Å². The van der Waals surface area contributed by atoms with Crippen LogP contribution in [0, 0.1) is 17.0 Å². The summed E-state index contributed by atoms with van der Waals surface area (Å²) in [5, 5.41) is 11.0. The fourth-order valence-electron chi connectivity index (χ4n) is 1.48. The Kier molecular flexibility index (Phi) is 3.57. The van der Waals surface area contributed by atoms with Crippen molar-refractivity contribution in [3.05, 3.63) is 56.7 Å². The van der Waals surface area contributed by atoms with Gasteiger partial charge in [0.25, 0.3) is 0 Å². The van der Waals surface area contributed by atoms with Crippen molar-refractivity contribution in [1.82, 2.24) is 4.98 Å². The summed E-state index contributed by atoms with van der Waals surface area (Å²) < 4.78 is 6.25. The number of nitro groups is 1. The zero-order valence-corrected chi connectivity index (χ0v) is 11.0. The molecule has 18 heavy (non-hydrogen) atoms. The van der Waals surface area contributed by atoms with E-state index >= 15 is 0 Å². The van der Waals surface area contributed by atoms with E-state index < -0.39 is 4.92 Å². The third-order valence-corrected chi connectivity index (χ3v) is 2.77. The Labute approximate surface area is 112 Å². The Morgan fingerprint density at radius 3 is 2.72 bits per heavy atom. The molecule has 0 bridgehead atoms. The molecule has 1 heterocycles. The fraction of sp³-hybridized carbons (Fsp3) is 0.0833. The number of para-hydroxylation sites is 1. The zero-order chi connectivity index (χ0) is 13.1. The van der Waals surface area contributed by atoms with Crippen LogP contribution in [0.3, 0.4) is 0 Å². The van der Waals surface area contributed by atoms with Crippen LogP contribution in [0.4, 0.5) is 5.69 Å². The van der Waals surface area contributed by atoms with Gasteiger partial charge in [-0.2, -0.15) is 0 Å². The molecule has 0 fully saturated rings. The monoisotopic (exact) mass is 308 g/mol. The molecule has 0 unspecified atom stereocenters. The first-order valence-electron chi connectivity index (χ1n) is 5.11. The molecule has 2 rings (SSSR count). The van der Waals surface area contributed by atoms with Crippen LogP contribution in [0.1, 0.15) is 5.56 Å². The van der Waals surface area contributed by atoms with Gasteiger partial charge in [-0.3, -0.25) is 10.1 Å². The molecule has 92 valence electrons. The third-order valence-electron chi connectivity index (χ3n) is 2.30. The Hall–Kier alpha value is -1.95. The number of benzene rings is 1. The summed E-state index contributed by atoms with van der Waals surface area (Å²) in [6, 6.07) is 8.31. The highest BCUT2D eigenvalue weighted by Crippen LogP contribution is 2.33. The van der Waals surface area contributed by atoms with Gasteiger partial charge < -0.3 is 4.74 Å². The second kappa shape index (κ2) is 5.14. The lowest BCUT2D eigenvalue weighted by Gasteiger charge is -2.06. The number of halogens is 1. The van der Waals surface area contributed by atoms with E-state index in [4.69, 9.17) is 4.74 Å². The number of aromatic nitrogens is 1. The fourth-order valence-corrected chi connectivity index (χ4v) is 1.72. The number of hydrogen-bond acceptors (Lipinski definition) is 4. The topological polar surface area (TPSA) is 65.3 Å². The Bertz CT molecular complexity index is 584. The lowest BCUT2D eigenvalue weighted by Crippen LogP contribution is -1.96. The van der Waals surface area contributed by atoms with E-state index in [2.05, 4.69) is 20.9 Å². The number of nitrogens with zero attached hydrogens (tertiary/aromatic N) is 2. The first kappa shape index (κ1) is 12.5. The summed E-state index contributed by atoms with van der Waals surface area (Å²) >= 11 is 3.25. The van der Waals surface area contributed by atoms with E-state index in [-0.39, 0.29) is 11.4 Å². The number of aryl methyl sites for hydroxylation is 1. The first-order chi connectivity index (χ1) is 8.58. The molecule has 0 N–H and O–H groups in total. The summed E-state index contributed by atoms with van der Waals surface area (Å²) in [6.07, 6.45) is 1.57. The molecule has 2 aromatic rings. The largest absolute Gasteiger partial charge is 0.432 e. The van der Waals surface area contributed by atoms with Gasteiger partial charge in [0.1, 0.15) is 0 Å². The molecule has 0 saturated carbocycles. The molecule has 1 aromatic carbocycles. The molecular weight excluding hydrogens is 300 g/mol. The number of pyridine rings is 1. The van der Waals surface area contributed by atoms with Gasteiger partial charge in [-0.05, 0) is 35.0 Å². The predicted octanol–water partition coefficient (Wildman–Crippen LogP) is 3.85. The number of ether oxygens (including phenoxy) is 1. The molecule has 0 aliphatic heterocycles. The van der Waals surface area contributed by atoms with Gasteiger partial charge in [0, 0.05) is 22.3 Å². The predicted molar refractivity (Wildman–Crippen MR) is 69.8 cm³/mol. The number of rotatable bonds is 3. The SMILES string of the molecule is Cc1cccc(Oc2ccc(Br)cn2)c1[N+](=O)[O-]. The van der Waals surface area contributed by atoms with Crippen molar-refractivity contribution in [2.75, 3.05) is 0 Å². The van der Waals surface area contributed by atoms with Crippen LogP contribution in [0.2, 0.25) is 0 Å². The molecule has 5 nitrogen and oxygen atoms in total. The van der Waals surface area contributed by atoms with Gasteiger partial charge in [-0.25, -0.2) is 4.98 Å². The first-order valence-corrected chi connectivity index (χ1v) is 5.90. The summed E-state index contributed by atoms with van der Waals surface area (Å²) in [4.78, 5) is 14.5. The van der Waals surface area contributed by atoms with Crippen molar-refractivity contribution in [3.63, 3.8) is 0 Å². The Balaban J connectivity index is 2.37. The minimum absolute atomic E-state index is 0.0396. The summed E-state index contributed by atoms with van der Waals surface area (Å²) in [5.74, 6) is 0.502. The van der Waals surface area contributed by atoms with Gasteiger partial charge in [0.15, 0.2) is 0 Å². The van der Waals surface area contributed by atoms with Crippen molar-refractivity contribution in [1.29, 1.82) is 0 Å². The van der Waals surface area contributed by atoms with Gasteiger partial charge in [0.05, 0.1) is 4.92 Å². The molecule has 0 spiro atoms. The number of nitro benzene ring substituents is 1. The van der Waals surface area contributed by atoms with Gasteiger partial charge in [-0.1, -0.05) is 12.1 Å². The van der Waals surface area contributed by atoms with E-state index in [1.165, 1.54) is 0 Å². The van der Waals surface area contributed by atoms with Crippen molar-refractivity contribution < 1.29 is 9.66 Å². The maximum absolute atomic E-state index is 11.0. The summed E-state index contributed by atoms with van der Waals surface area (Å²) in [6.45, 7) is 1.67. The third kappa shape index (κ3) is 2.65. The van der Waals surface area contributed by atoms with Gasteiger partial charge >= 0.3 is 5.69 Å². The molecule has 0 saturated heterocycles. The molecule has 0 radical (unpaired) electrons.